The van der Waals surface area contributed by atoms with E-state index < -0.39 is 5.91 Å². The fourth-order valence-electron chi connectivity index (χ4n) is 2.75. The maximum Gasteiger partial charge on any atom is 0.306 e. The predicted molar refractivity (Wildman–Crippen MR) is 116 cm³/mol. The Hall–Kier alpha value is -3.88. The minimum absolute atomic E-state index is 0.160. The molecule has 6 heteroatoms. The lowest BCUT2D eigenvalue weighted by Crippen LogP contribution is -2.30. The van der Waals surface area contributed by atoms with Gasteiger partial charge in [0.05, 0.1) is 6.54 Å². The highest BCUT2D eigenvalue weighted by Crippen LogP contribution is 2.21. The van der Waals surface area contributed by atoms with E-state index in [4.69, 9.17) is 16.1 Å². The second-order valence-electron chi connectivity index (χ2n) is 6.40. The quantitative estimate of drug-likeness (QED) is 0.443. The summed E-state index contributed by atoms with van der Waals surface area (Å²) >= 11 is 5.90. The fraction of sp³-hybridized carbons (Fsp3) is 0.0417. The molecule has 0 unspecified atom stereocenters. The predicted octanol–water partition coefficient (Wildman–Crippen LogP) is 4.97. The molecule has 4 aromatic rings. The van der Waals surface area contributed by atoms with Crippen LogP contribution in [0.15, 0.2) is 89.5 Å². The largest absolute Gasteiger partial charge is 0.332 e. The number of aromatic nitrogens is 2. The lowest BCUT2D eigenvalue weighted by Gasteiger charge is -2.15. The highest BCUT2D eigenvalue weighted by molar-refractivity contribution is 6.30. The monoisotopic (exact) mass is 413 g/mol. The van der Waals surface area contributed by atoms with E-state index in [1.807, 2.05) is 60.7 Å². The molecule has 0 radical (unpaired) electrons. The molecule has 0 saturated carbocycles. The Morgan fingerprint density at radius 3 is 2.30 bits per heavy atom. The average molecular weight is 414 g/mol. The third-order valence-corrected chi connectivity index (χ3v) is 4.52. The summed E-state index contributed by atoms with van der Waals surface area (Å²) in [6.07, 6.45) is 0. The fourth-order valence-corrected chi connectivity index (χ4v) is 2.87. The standard InChI is InChI=1S/C24H16ClN3O2/c25-21-14-11-18(12-15-21)13-16-22(29)28(17-19-7-3-1-4-8-19)24-26-23(30-27-24)20-9-5-2-6-10-20/h1-12,14-15H,17H2. The molecule has 0 aliphatic heterocycles. The van der Waals surface area contributed by atoms with Crippen molar-refractivity contribution in [2.75, 3.05) is 4.90 Å². The normalized spacial score (nSPS) is 10.2. The highest BCUT2D eigenvalue weighted by Gasteiger charge is 2.21. The number of anilines is 1. The molecular weight excluding hydrogens is 398 g/mol. The van der Waals surface area contributed by atoms with Crippen LogP contribution in [-0.2, 0) is 11.3 Å². The number of hydrogen-bond donors (Lipinski definition) is 0. The van der Waals surface area contributed by atoms with E-state index in [2.05, 4.69) is 22.0 Å². The first-order chi connectivity index (χ1) is 14.7. The third kappa shape index (κ3) is 4.75. The molecule has 3 aromatic carbocycles. The Balaban J connectivity index is 1.64. The SMILES string of the molecule is O=C(C#Cc1ccc(Cl)cc1)N(Cc1ccccc1)c1noc(-c2ccccc2)n1. The molecule has 146 valence electrons. The van der Waals surface area contributed by atoms with Gasteiger partial charge in [0.2, 0.25) is 0 Å². The summed E-state index contributed by atoms with van der Waals surface area (Å²) in [5, 5.41) is 4.62. The van der Waals surface area contributed by atoms with Gasteiger partial charge in [-0.05, 0) is 47.1 Å². The van der Waals surface area contributed by atoms with Crippen molar-refractivity contribution in [2.24, 2.45) is 0 Å². The number of carbonyl (C=O) groups excluding carboxylic acids is 1. The summed E-state index contributed by atoms with van der Waals surface area (Å²) in [4.78, 5) is 18.7. The lowest BCUT2D eigenvalue weighted by molar-refractivity contribution is -0.113. The van der Waals surface area contributed by atoms with Crippen molar-refractivity contribution < 1.29 is 9.32 Å². The van der Waals surface area contributed by atoms with Crippen molar-refractivity contribution in [3.63, 3.8) is 0 Å². The van der Waals surface area contributed by atoms with Crippen molar-refractivity contribution in [3.8, 4) is 23.3 Å². The molecule has 0 atom stereocenters. The molecule has 1 amide bonds. The molecule has 0 aliphatic carbocycles. The van der Waals surface area contributed by atoms with Crippen LogP contribution < -0.4 is 4.90 Å². The van der Waals surface area contributed by atoms with Gasteiger partial charge in [-0.3, -0.25) is 9.69 Å². The molecular formula is C24H16ClN3O2. The maximum atomic E-state index is 12.9. The van der Waals surface area contributed by atoms with E-state index in [0.29, 0.717) is 16.5 Å². The second kappa shape index (κ2) is 9.08. The van der Waals surface area contributed by atoms with Crippen LogP contribution in [0.4, 0.5) is 5.95 Å². The Morgan fingerprint density at radius 1 is 0.933 bits per heavy atom. The minimum atomic E-state index is -0.436. The van der Waals surface area contributed by atoms with Crippen molar-refractivity contribution in [2.45, 2.75) is 6.54 Å². The van der Waals surface area contributed by atoms with Gasteiger partial charge in [-0.15, -0.1) is 0 Å². The number of nitrogens with zero attached hydrogens (tertiary/aromatic N) is 3. The van der Waals surface area contributed by atoms with Crippen LogP contribution in [0.5, 0.6) is 0 Å². The zero-order valence-corrected chi connectivity index (χ0v) is 16.6. The van der Waals surface area contributed by atoms with Crippen LogP contribution >= 0.6 is 11.6 Å². The lowest BCUT2D eigenvalue weighted by atomic mass is 10.2. The first kappa shape index (κ1) is 19.4. The van der Waals surface area contributed by atoms with Crippen LogP contribution in [0.3, 0.4) is 0 Å². The molecule has 4 rings (SSSR count). The Kier molecular flexibility index (Phi) is 5.88. The molecule has 0 spiro atoms. The zero-order chi connectivity index (χ0) is 20.8. The molecule has 30 heavy (non-hydrogen) atoms. The van der Waals surface area contributed by atoms with Crippen molar-refractivity contribution in [1.29, 1.82) is 0 Å². The van der Waals surface area contributed by atoms with Crippen LogP contribution in [0.2, 0.25) is 5.02 Å². The van der Waals surface area contributed by atoms with Gasteiger partial charge in [-0.1, -0.05) is 66.1 Å². The van der Waals surface area contributed by atoms with Gasteiger partial charge in [-0.25, -0.2) is 0 Å². The second-order valence-corrected chi connectivity index (χ2v) is 6.84. The Labute approximate surface area is 178 Å². The molecule has 0 fully saturated rings. The van der Waals surface area contributed by atoms with E-state index in [1.54, 1.807) is 24.3 Å². The van der Waals surface area contributed by atoms with Crippen LogP contribution in [0.1, 0.15) is 11.1 Å². The van der Waals surface area contributed by atoms with Gasteiger partial charge >= 0.3 is 5.91 Å². The van der Waals surface area contributed by atoms with Gasteiger partial charge < -0.3 is 4.52 Å². The molecule has 0 saturated heterocycles. The summed E-state index contributed by atoms with van der Waals surface area (Å²) in [5.41, 5.74) is 2.38. The summed E-state index contributed by atoms with van der Waals surface area (Å²) in [6.45, 7) is 0.267. The van der Waals surface area contributed by atoms with Crippen molar-refractivity contribution in [3.05, 3.63) is 101 Å². The zero-order valence-electron chi connectivity index (χ0n) is 15.8. The van der Waals surface area contributed by atoms with Gasteiger partial charge in [0, 0.05) is 22.1 Å². The van der Waals surface area contributed by atoms with E-state index in [9.17, 15) is 4.79 Å². The molecule has 0 aliphatic rings. The molecule has 0 N–H and O–H groups in total. The van der Waals surface area contributed by atoms with E-state index in [0.717, 1.165) is 11.1 Å². The Morgan fingerprint density at radius 2 is 1.60 bits per heavy atom. The topological polar surface area (TPSA) is 59.2 Å². The summed E-state index contributed by atoms with van der Waals surface area (Å²) < 4.78 is 5.38. The first-order valence-corrected chi connectivity index (χ1v) is 9.59. The molecule has 1 heterocycles. The Bertz CT molecular complexity index is 1190. The number of rotatable bonds is 4. The van der Waals surface area contributed by atoms with Gasteiger partial charge in [0.25, 0.3) is 11.8 Å². The average Bonchev–Trinajstić information content (AvgIpc) is 3.28. The van der Waals surface area contributed by atoms with Crippen LogP contribution in [0.25, 0.3) is 11.5 Å². The molecule has 0 bridgehead atoms. The smallest absolute Gasteiger partial charge is 0.306 e. The number of halogens is 1. The number of carbonyl (C=O) groups is 1. The van der Waals surface area contributed by atoms with Gasteiger partial charge in [-0.2, -0.15) is 4.98 Å². The third-order valence-electron chi connectivity index (χ3n) is 4.26. The number of hydrogen-bond acceptors (Lipinski definition) is 4. The number of benzene rings is 3. The van der Waals surface area contributed by atoms with Crippen LogP contribution in [-0.4, -0.2) is 16.0 Å². The van der Waals surface area contributed by atoms with E-state index in [1.165, 1.54) is 4.90 Å². The van der Waals surface area contributed by atoms with Crippen molar-refractivity contribution in [1.82, 2.24) is 10.1 Å². The summed E-state index contributed by atoms with van der Waals surface area (Å²) in [5.74, 6) is 5.58. The van der Waals surface area contributed by atoms with Crippen molar-refractivity contribution >= 4 is 23.5 Å². The number of amides is 1. The molecule has 5 nitrogen and oxygen atoms in total. The maximum absolute atomic E-state index is 12.9. The minimum Gasteiger partial charge on any atom is -0.332 e. The van der Waals surface area contributed by atoms with E-state index >= 15 is 0 Å². The van der Waals surface area contributed by atoms with Gasteiger partial charge in [0.1, 0.15) is 0 Å². The molecule has 1 aromatic heterocycles. The summed E-state index contributed by atoms with van der Waals surface area (Å²) in [7, 11) is 0. The van der Waals surface area contributed by atoms with E-state index in [-0.39, 0.29) is 12.5 Å². The van der Waals surface area contributed by atoms with Crippen LogP contribution in [0, 0.1) is 11.8 Å². The first-order valence-electron chi connectivity index (χ1n) is 9.21. The summed E-state index contributed by atoms with van der Waals surface area (Å²) in [6, 6.07) is 25.9. The highest BCUT2D eigenvalue weighted by atomic mass is 35.5. The van der Waals surface area contributed by atoms with Gasteiger partial charge in [0.15, 0.2) is 0 Å².